The Balaban J connectivity index is 2.49. The van der Waals surface area contributed by atoms with Crippen molar-refractivity contribution in [2.45, 2.75) is 0 Å². The molecule has 4 heteroatoms. The van der Waals surface area contributed by atoms with E-state index in [1.54, 1.807) is 20.4 Å². The molecular weight excluding hydrogens is 216 g/mol. The fourth-order valence-electron chi connectivity index (χ4n) is 1.67. The van der Waals surface area contributed by atoms with Gasteiger partial charge in [0, 0.05) is 17.3 Å². The highest BCUT2D eigenvalue weighted by Gasteiger charge is 2.08. The number of methoxy groups -OCH3 is 2. The van der Waals surface area contributed by atoms with Crippen molar-refractivity contribution in [3.63, 3.8) is 0 Å². The van der Waals surface area contributed by atoms with E-state index in [-0.39, 0.29) is 0 Å². The third kappa shape index (κ3) is 2.15. The van der Waals surface area contributed by atoms with E-state index in [4.69, 9.17) is 15.2 Å². The van der Waals surface area contributed by atoms with Crippen LogP contribution >= 0.6 is 0 Å². The van der Waals surface area contributed by atoms with Gasteiger partial charge in [-0.15, -0.1) is 0 Å². The van der Waals surface area contributed by atoms with Crippen LogP contribution in [0.2, 0.25) is 0 Å². The summed E-state index contributed by atoms with van der Waals surface area (Å²) in [6.07, 6.45) is 1.72. The molecule has 0 spiro atoms. The van der Waals surface area contributed by atoms with Crippen molar-refractivity contribution in [2.75, 3.05) is 20.0 Å². The SMILES string of the molecule is COc1ccccc1-c1cnc(OC)c(N)c1. The standard InChI is InChI=1S/C13H14N2O2/c1-16-12-6-4-3-5-10(12)9-7-11(14)13(17-2)15-8-9/h3-8H,14H2,1-2H3. The van der Waals surface area contributed by atoms with Crippen LogP contribution in [0.4, 0.5) is 5.69 Å². The molecule has 0 saturated heterocycles. The quantitative estimate of drug-likeness (QED) is 0.879. The minimum Gasteiger partial charge on any atom is -0.496 e. The van der Waals surface area contributed by atoms with Crippen LogP contribution in [0.25, 0.3) is 11.1 Å². The highest BCUT2D eigenvalue weighted by molar-refractivity contribution is 5.73. The number of nitrogens with zero attached hydrogens (tertiary/aromatic N) is 1. The predicted molar refractivity (Wildman–Crippen MR) is 67.2 cm³/mol. The molecule has 2 aromatic rings. The lowest BCUT2D eigenvalue weighted by molar-refractivity contribution is 0.400. The van der Waals surface area contributed by atoms with Crippen LogP contribution in [0.5, 0.6) is 11.6 Å². The number of anilines is 1. The van der Waals surface area contributed by atoms with Gasteiger partial charge in [-0.1, -0.05) is 18.2 Å². The summed E-state index contributed by atoms with van der Waals surface area (Å²) in [6.45, 7) is 0. The molecule has 0 atom stereocenters. The summed E-state index contributed by atoms with van der Waals surface area (Å²) in [4.78, 5) is 4.15. The van der Waals surface area contributed by atoms with Gasteiger partial charge >= 0.3 is 0 Å². The highest BCUT2D eigenvalue weighted by Crippen LogP contribution is 2.32. The first-order valence-electron chi connectivity index (χ1n) is 5.19. The summed E-state index contributed by atoms with van der Waals surface area (Å²) < 4.78 is 10.3. The van der Waals surface area contributed by atoms with Crippen LogP contribution < -0.4 is 15.2 Å². The molecule has 2 rings (SSSR count). The molecule has 1 aromatic carbocycles. The van der Waals surface area contributed by atoms with Gasteiger partial charge < -0.3 is 15.2 Å². The average Bonchev–Trinajstić information content (AvgIpc) is 2.38. The first kappa shape index (κ1) is 11.3. The van der Waals surface area contributed by atoms with Crippen LogP contribution in [-0.2, 0) is 0 Å². The van der Waals surface area contributed by atoms with Crippen LogP contribution in [0.1, 0.15) is 0 Å². The molecule has 4 nitrogen and oxygen atoms in total. The molecule has 0 aliphatic carbocycles. The number of ether oxygens (including phenoxy) is 2. The van der Waals surface area contributed by atoms with Crippen LogP contribution in [0.15, 0.2) is 36.5 Å². The lowest BCUT2D eigenvalue weighted by atomic mass is 10.1. The van der Waals surface area contributed by atoms with Gasteiger partial charge in [0.15, 0.2) is 0 Å². The van der Waals surface area contributed by atoms with Gasteiger partial charge in [-0.25, -0.2) is 4.98 Å². The van der Waals surface area contributed by atoms with Crippen LogP contribution in [0, 0.1) is 0 Å². The average molecular weight is 230 g/mol. The molecule has 17 heavy (non-hydrogen) atoms. The molecule has 0 radical (unpaired) electrons. The maximum absolute atomic E-state index is 5.83. The zero-order chi connectivity index (χ0) is 12.3. The number of hydrogen-bond donors (Lipinski definition) is 1. The number of nitrogens with two attached hydrogens (primary N) is 1. The van der Waals surface area contributed by atoms with Crippen LogP contribution in [-0.4, -0.2) is 19.2 Å². The number of hydrogen-bond acceptors (Lipinski definition) is 4. The van der Waals surface area contributed by atoms with E-state index in [9.17, 15) is 0 Å². The number of aromatic nitrogens is 1. The lowest BCUT2D eigenvalue weighted by Crippen LogP contribution is -1.96. The number of para-hydroxylation sites is 1. The van der Waals surface area contributed by atoms with Crippen molar-refractivity contribution in [1.29, 1.82) is 0 Å². The molecular formula is C13H14N2O2. The van der Waals surface area contributed by atoms with Gasteiger partial charge in [-0.2, -0.15) is 0 Å². The molecule has 1 heterocycles. The summed E-state index contributed by atoms with van der Waals surface area (Å²) in [5.41, 5.74) is 8.20. The third-order valence-corrected chi connectivity index (χ3v) is 2.49. The van der Waals surface area contributed by atoms with E-state index in [0.29, 0.717) is 11.6 Å². The number of nitrogen functional groups attached to an aromatic ring is 1. The molecule has 0 aliphatic rings. The summed E-state index contributed by atoms with van der Waals surface area (Å²) >= 11 is 0. The summed E-state index contributed by atoms with van der Waals surface area (Å²) in [6, 6.07) is 9.54. The largest absolute Gasteiger partial charge is 0.496 e. The van der Waals surface area contributed by atoms with Gasteiger partial charge in [-0.05, 0) is 12.1 Å². The second-order valence-corrected chi connectivity index (χ2v) is 3.52. The van der Waals surface area contributed by atoms with Gasteiger partial charge in [0.25, 0.3) is 0 Å². The second-order valence-electron chi connectivity index (χ2n) is 3.52. The maximum Gasteiger partial charge on any atom is 0.236 e. The van der Waals surface area contributed by atoms with Gasteiger partial charge in [-0.3, -0.25) is 0 Å². The molecule has 0 unspecified atom stereocenters. The van der Waals surface area contributed by atoms with Gasteiger partial charge in [0.2, 0.25) is 5.88 Å². The molecule has 0 bridgehead atoms. The zero-order valence-electron chi connectivity index (χ0n) is 9.81. The summed E-state index contributed by atoms with van der Waals surface area (Å²) in [5, 5.41) is 0. The number of benzene rings is 1. The van der Waals surface area contributed by atoms with Gasteiger partial charge in [0.05, 0.1) is 19.9 Å². The van der Waals surface area contributed by atoms with Crippen molar-refractivity contribution in [3.8, 4) is 22.8 Å². The first-order chi connectivity index (χ1) is 8.26. The molecule has 1 aromatic heterocycles. The molecule has 0 saturated carbocycles. The molecule has 0 fully saturated rings. The first-order valence-corrected chi connectivity index (χ1v) is 5.19. The van der Waals surface area contributed by atoms with E-state index < -0.39 is 0 Å². The van der Waals surface area contributed by atoms with E-state index in [1.165, 1.54) is 0 Å². The third-order valence-electron chi connectivity index (χ3n) is 2.49. The van der Waals surface area contributed by atoms with Crippen LogP contribution in [0.3, 0.4) is 0 Å². The Morgan fingerprint density at radius 2 is 1.88 bits per heavy atom. The van der Waals surface area contributed by atoms with Crippen molar-refractivity contribution in [1.82, 2.24) is 4.98 Å². The lowest BCUT2D eigenvalue weighted by Gasteiger charge is -2.09. The summed E-state index contributed by atoms with van der Waals surface area (Å²) in [7, 11) is 3.18. The molecule has 0 amide bonds. The van der Waals surface area contributed by atoms with Crippen molar-refractivity contribution in [3.05, 3.63) is 36.5 Å². The highest BCUT2D eigenvalue weighted by atomic mass is 16.5. The van der Waals surface area contributed by atoms with Crippen molar-refractivity contribution < 1.29 is 9.47 Å². The molecule has 88 valence electrons. The Morgan fingerprint density at radius 3 is 2.53 bits per heavy atom. The fourth-order valence-corrected chi connectivity index (χ4v) is 1.67. The minimum absolute atomic E-state index is 0.434. The maximum atomic E-state index is 5.83. The Kier molecular flexibility index (Phi) is 3.14. The topological polar surface area (TPSA) is 57.4 Å². The number of pyridine rings is 1. The Bertz CT molecular complexity index is 527. The van der Waals surface area contributed by atoms with Gasteiger partial charge in [0.1, 0.15) is 5.75 Å². The van der Waals surface area contributed by atoms with E-state index in [2.05, 4.69) is 4.98 Å². The Hall–Kier alpha value is -2.23. The zero-order valence-corrected chi connectivity index (χ0v) is 9.81. The molecule has 2 N–H and O–H groups in total. The van der Waals surface area contributed by atoms with E-state index >= 15 is 0 Å². The normalized spacial score (nSPS) is 10.0. The molecule has 0 aliphatic heterocycles. The number of rotatable bonds is 3. The van der Waals surface area contributed by atoms with E-state index in [1.807, 2.05) is 30.3 Å². The fraction of sp³-hybridized carbons (Fsp3) is 0.154. The Labute approximate surface area is 100 Å². The predicted octanol–water partition coefficient (Wildman–Crippen LogP) is 2.35. The van der Waals surface area contributed by atoms with Crippen molar-refractivity contribution in [2.24, 2.45) is 0 Å². The van der Waals surface area contributed by atoms with Crippen molar-refractivity contribution >= 4 is 5.69 Å². The van der Waals surface area contributed by atoms with E-state index in [0.717, 1.165) is 16.9 Å². The second kappa shape index (κ2) is 4.74. The Morgan fingerprint density at radius 1 is 1.12 bits per heavy atom. The monoisotopic (exact) mass is 230 g/mol. The summed E-state index contributed by atoms with van der Waals surface area (Å²) in [5.74, 6) is 1.22. The smallest absolute Gasteiger partial charge is 0.236 e. The minimum atomic E-state index is 0.434.